The van der Waals surface area contributed by atoms with Crippen LogP contribution in [0.3, 0.4) is 0 Å². The summed E-state index contributed by atoms with van der Waals surface area (Å²) < 4.78 is 5.44. The summed E-state index contributed by atoms with van der Waals surface area (Å²) in [6.45, 7) is 0.659. The van der Waals surface area contributed by atoms with Gasteiger partial charge in [0, 0.05) is 0 Å². The van der Waals surface area contributed by atoms with Crippen LogP contribution in [-0.4, -0.2) is 0 Å². The number of benzene rings is 2. The first-order valence-corrected chi connectivity index (χ1v) is 6.58. The topological polar surface area (TPSA) is 28.4 Å². The molecule has 0 fully saturated rings. The fourth-order valence-corrected chi connectivity index (χ4v) is 2.03. The smallest absolute Gasteiger partial charge is 0.125 e. The van der Waals surface area contributed by atoms with Crippen molar-refractivity contribution in [2.75, 3.05) is 10.4 Å². The molecule has 0 aliphatic heterocycles. The van der Waals surface area contributed by atoms with Gasteiger partial charge >= 0.3 is 0 Å². The molecule has 0 saturated heterocycles. The number of hydrogen-bond acceptors (Lipinski definition) is 3. The van der Waals surface area contributed by atoms with Crippen LogP contribution in [0.1, 0.15) is 5.76 Å². The Morgan fingerprint density at radius 2 is 1.50 bits per heavy atom. The number of rotatable bonds is 5. The van der Waals surface area contributed by atoms with Gasteiger partial charge in [-0.3, -0.25) is 10.4 Å². The molecule has 2 aromatic carbocycles. The van der Waals surface area contributed by atoms with Crippen molar-refractivity contribution in [3.05, 3.63) is 84.8 Å². The highest BCUT2D eigenvalue weighted by Crippen LogP contribution is 2.19. The van der Waals surface area contributed by atoms with Gasteiger partial charge in [0.25, 0.3) is 0 Å². The molecule has 1 N–H and O–H groups in total. The maximum atomic E-state index is 5.44. The van der Waals surface area contributed by atoms with E-state index in [1.807, 2.05) is 60.7 Å². The van der Waals surface area contributed by atoms with Gasteiger partial charge in [0.2, 0.25) is 0 Å². The minimum atomic E-state index is 0.659. The summed E-state index contributed by atoms with van der Waals surface area (Å²) in [5, 5.41) is 2.06. The highest BCUT2D eigenvalue weighted by atomic mass is 16.3. The van der Waals surface area contributed by atoms with Crippen molar-refractivity contribution in [2.24, 2.45) is 0 Å². The van der Waals surface area contributed by atoms with E-state index >= 15 is 0 Å². The van der Waals surface area contributed by atoms with Crippen LogP contribution < -0.4 is 10.4 Å². The Morgan fingerprint density at radius 1 is 0.800 bits per heavy atom. The van der Waals surface area contributed by atoms with Gasteiger partial charge in [-0.05, 0) is 36.4 Å². The predicted molar refractivity (Wildman–Crippen MR) is 81.4 cm³/mol. The van der Waals surface area contributed by atoms with Crippen molar-refractivity contribution in [2.45, 2.75) is 6.54 Å². The van der Waals surface area contributed by atoms with Gasteiger partial charge in [-0.15, -0.1) is 0 Å². The summed E-state index contributed by atoms with van der Waals surface area (Å²) in [7, 11) is 0. The van der Waals surface area contributed by atoms with Crippen molar-refractivity contribution < 1.29 is 4.42 Å². The quantitative estimate of drug-likeness (QED) is 0.696. The van der Waals surface area contributed by atoms with Gasteiger partial charge in [-0.25, -0.2) is 0 Å². The van der Waals surface area contributed by atoms with Crippen LogP contribution in [-0.2, 0) is 6.54 Å². The summed E-state index contributed by atoms with van der Waals surface area (Å²) in [4.78, 5) is 0. The van der Waals surface area contributed by atoms with Crippen LogP contribution in [0, 0.1) is 0 Å². The van der Waals surface area contributed by atoms with Crippen molar-refractivity contribution in [3.63, 3.8) is 0 Å². The van der Waals surface area contributed by atoms with E-state index in [4.69, 9.17) is 4.42 Å². The lowest BCUT2D eigenvalue weighted by atomic mass is 10.3. The molecule has 3 rings (SSSR count). The Bertz CT molecular complexity index is 621. The standard InChI is InChI=1S/C17H16N2O/c1-3-8-15(9-4-1)18-19(14-17-12-7-13-20-17)16-10-5-2-6-11-16/h1-13,18H,14H2. The zero-order chi connectivity index (χ0) is 13.6. The van der Waals surface area contributed by atoms with Crippen LogP contribution in [0.2, 0.25) is 0 Å². The van der Waals surface area contributed by atoms with Crippen molar-refractivity contribution in [3.8, 4) is 0 Å². The van der Waals surface area contributed by atoms with E-state index in [9.17, 15) is 0 Å². The Labute approximate surface area is 118 Å². The average molecular weight is 264 g/mol. The third kappa shape index (κ3) is 3.01. The number of anilines is 2. The van der Waals surface area contributed by atoms with Crippen LogP contribution in [0.4, 0.5) is 11.4 Å². The predicted octanol–water partition coefficient (Wildman–Crippen LogP) is 4.31. The van der Waals surface area contributed by atoms with Crippen molar-refractivity contribution in [1.29, 1.82) is 0 Å². The van der Waals surface area contributed by atoms with E-state index < -0.39 is 0 Å². The van der Waals surface area contributed by atoms with E-state index in [0.717, 1.165) is 17.1 Å². The molecule has 0 bridgehead atoms. The van der Waals surface area contributed by atoms with Crippen LogP contribution >= 0.6 is 0 Å². The SMILES string of the molecule is c1ccc(NN(Cc2ccco2)c2ccccc2)cc1. The Kier molecular flexibility index (Phi) is 3.69. The molecule has 1 aromatic heterocycles. The summed E-state index contributed by atoms with van der Waals surface area (Å²) in [6.07, 6.45) is 1.70. The zero-order valence-corrected chi connectivity index (χ0v) is 11.1. The molecule has 3 heteroatoms. The summed E-state index contributed by atoms with van der Waals surface area (Å²) in [6, 6.07) is 24.2. The highest BCUT2D eigenvalue weighted by Gasteiger charge is 2.08. The van der Waals surface area contributed by atoms with Gasteiger partial charge in [0.05, 0.1) is 24.2 Å². The first-order chi connectivity index (χ1) is 9.92. The molecule has 0 atom stereocenters. The molecule has 0 amide bonds. The lowest BCUT2D eigenvalue weighted by molar-refractivity contribution is 0.507. The number of hydrogen-bond donors (Lipinski definition) is 1. The Hall–Kier alpha value is -2.68. The normalized spacial score (nSPS) is 10.2. The summed E-state index contributed by atoms with van der Waals surface area (Å²) in [5.74, 6) is 0.914. The molecular weight excluding hydrogens is 248 g/mol. The van der Waals surface area contributed by atoms with Gasteiger partial charge in [0.15, 0.2) is 0 Å². The first-order valence-electron chi connectivity index (χ1n) is 6.58. The van der Waals surface area contributed by atoms with E-state index in [0.29, 0.717) is 6.54 Å². The number of nitrogens with one attached hydrogen (secondary N) is 1. The van der Waals surface area contributed by atoms with E-state index in [-0.39, 0.29) is 0 Å². The van der Waals surface area contributed by atoms with Crippen molar-refractivity contribution in [1.82, 2.24) is 0 Å². The molecule has 0 radical (unpaired) electrons. The molecule has 0 spiro atoms. The fourth-order valence-electron chi connectivity index (χ4n) is 2.03. The van der Waals surface area contributed by atoms with Crippen molar-refractivity contribution >= 4 is 11.4 Å². The number of nitrogens with zero attached hydrogens (tertiary/aromatic N) is 1. The number of para-hydroxylation sites is 2. The molecule has 100 valence electrons. The summed E-state index contributed by atoms with van der Waals surface area (Å²) >= 11 is 0. The lowest BCUT2D eigenvalue weighted by Crippen LogP contribution is -2.28. The molecule has 3 aromatic rings. The molecule has 0 unspecified atom stereocenters. The van der Waals surface area contributed by atoms with Crippen LogP contribution in [0.5, 0.6) is 0 Å². The maximum Gasteiger partial charge on any atom is 0.125 e. The molecule has 0 aliphatic rings. The third-order valence-corrected chi connectivity index (χ3v) is 3.00. The first kappa shape index (κ1) is 12.4. The lowest BCUT2D eigenvalue weighted by Gasteiger charge is -2.25. The molecule has 0 aliphatic carbocycles. The number of hydrazine groups is 1. The molecule has 20 heavy (non-hydrogen) atoms. The minimum Gasteiger partial charge on any atom is -0.467 e. The second-order valence-corrected chi connectivity index (χ2v) is 4.48. The van der Waals surface area contributed by atoms with E-state index in [1.165, 1.54) is 0 Å². The Balaban J connectivity index is 1.83. The fraction of sp³-hybridized carbons (Fsp3) is 0.0588. The van der Waals surface area contributed by atoms with Crippen LogP contribution in [0.15, 0.2) is 83.5 Å². The molecule has 3 nitrogen and oxygen atoms in total. The highest BCUT2D eigenvalue weighted by molar-refractivity contribution is 5.54. The largest absolute Gasteiger partial charge is 0.467 e. The van der Waals surface area contributed by atoms with Crippen LogP contribution in [0.25, 0.3) is 0 Å². The molecule has 1 heterocycles. The van der Waals surface area contributed by atoms with Gasteiger partial charge in [-0.1, -0.05) is 36.4 Å². The second kappa shape index (κ2) is 5.97. The molecular formula is C17H16N2O. The van der Waals surface area contributed by atoms with Gasteiger partial charge in [-0.2, -0.15) is 0 Å². The third-order valence-electron chi connectivity index (χ3n) is 3.00. The Morgan fingerprint density at radius 3 is 2.15 bits per heavy atom. The van der Waals surface area contributed by atoms with E-state index in [2.05, 4.69) is 22.6 Å². The van der Waals surface area contributed by atoms with E-state index in [1.54, 1.807) is 6.26 Å². The summed E-state index contributed by atoms with van der Waals surface area (Å²) in [5.41, 5.74) is 5.54. The zero-order valence-electron chi connectivity index (χ0n) is 11.1. The van der Waals surface area contributed by atoms with Gasteiger partial charge in [0.1, 0.15) is 5.76 Å². The van der Waals surface area contributed by atoms with Gasteiger partial charge < -0.3 is 4.42 Å². The maximum absolute atomic E-state index is 5.44. The minimum absolute atomic E-state index is 0.659. The number of furan rings is 1. The monoisotopic (exact) mass is 264 g/mol. The molecule has 0 saturated carbocycles. The average Bonchev–Trinajstić information content (AvgIpc) is 3.02. The second-order valence-electron chi connectivity index (χ2n) is 4.48.